The van der Waals surface area contributed by atoms with Crippen molar-refractivity contribution in [1.29, 1.82) is 0 Å². The lowest BCUT2D eigenvalue weighted by molar-refractivity contribution is 0.165. The van der Waals surface area contributed by atoms with Crippen LogP contribution in [0.2, 0.25) is 5.15 Å². The number of halogens is 1. The third kappa shape index (κ3) is 4.90. The van der Waals surface area contributed by atoms with E-state index in [0.717, 1.165) is 33.5 Å². The molecule has 6 nitrogen and oxygen atoms in total. The molecule has 0 saturated heterocycles. The first-order chi connectivity index (χ1) is 13.9. The fourth-order valence-corrected chi connectivity index (χ4v) is 3.25. The monoisotopic (exact) mass is 413 g/mol. The van der Waals surface area contributed by atoms with Gasteiger partial charge in [-0.2, -0.15) is 0 Å². The van der Waals surface area contributed by atoms with Gasteiger partial charge in [0.1, 0.15) is 16.7 Å². The summed E-state index contributed by atoms with van der Waals surface area (Å²) in [5.74, 6) is 1.52. The third-order valence-corrected chi connectivity index (χ3v) is 4.92. The Morgan fingerprint density at radius 3 is 2.24 bits per heavy atom. The van der Waals surface area contributed by atoms with Gasteiger partial charge in [-0.05, 0) is 42.0 Å². The molecule has 1 aromatic heterocycles. The number of hydrogen-bond acceptors (Lipinski definition) is 4. The Hall–Kier alpha value is -2.99. The fourth-order valence-electron chi connectivity index (χ4n) is 3.04. The first-order valence-electron chi connectivity index (χ1n) is 9.13. The van der Waals surface area contributed by atoms with E-state index in [1.807, 2.05) is 48.5 Å². The fraction of sp³-hybridized carbons (Fsp3) is 0.273. The Balaban J connectivity index is 1.91. The number of ether oxygens (including phenoxy) is 2. The van der Waals surface area contributed by atoms with Crippen molar-refractivity contribution < 1.29 is 14.3 Å². The molecule has 0 aliphatic carbocycles. The van der Waals surface area contributed by atoms with E-state index in [2.05, 4.69) is 4.98 Å². The van der Waals surface area contributed by atoms with Crippen LogP contribution in [0.25, 0.3) is 10.9 Å². The van der Waals surface area contributed by atoms with Crippen LogP contribution in [0.5, 0.6) is 11.5 Å². The quantitative estimate of drug-likeness (QED) is 0.554. The van der Waals surface area contributed by atoms with Crippen LogP contribution in [0.3, 0.4) is 0 Å². The molecule has 0 radical (unpaired) electrons. The number of nitrogens with zero attached hydrogens (tertiary/aromatic N) is 3. The topological polar surface area (TPSA) is 54.9 Å². The van der Waals surface area contributed by atoms with Gasteiger partial charge < -0.3 is 19.3 Å². The summed E-state index contributed by atoms with van der Waals surface area (Å²) in [6, 6.07) is 15.1. The predicted molar refractivity (Wildman–Crippen MR) is 115 cm³/mol. The molecule has 3 rings (SSSR count). The van der Waals surface area contributed by atoms with Crippen molar-refractivity contribution in [1.82, 2.24) is 14.8 Å². The van der Waals surface area contributed by atoms with E-state index >= 15 is 0 Å². The summed E-state index contributed by atoms with van der Waals surface area (Å²) >= 11 is 6.44. The predicted octanol–water partition coefficient (Wildman–Crippen LogP) is 4.59. The molecule has 0 aliphatic heterocycles. The van der Waals surface area contributed by atoms with E-state index in [-0.39, 0.29) is 6.03 Å². The molecule has 0 saturated carbocycles. The molecular weight excluding hydrogens is 390 g/mol. The molecule has 0 unspecified atom stereocenters. The average molecular weight is 414 g/mol. The smallest absolute Gasteiger partial charge is 0.320 e. The molecule has 1 heterocycles. The van der Waals surface area contributed by atoms with E-state index < -0.39 is 0 Å². The van der Waals surface area contributed by atoms with Gasteiger partial charge in [0, 0.05) is 31.6 Å². The molecule has 2 amide bonds. The van der Waals surface area contributed by atoms with Gasteiger partial charge in [0.25, 0.3) is 0 Å². The summed E-state index contributed by atoms with van der Waals surface area (Å²) in [5, 5.41) is 1.29. The summed E-state index contributed by atoms with van der Waals surface area (Å²) in [6.07, 6.45) is 0. The lowest BCUT2D eigenvalue weighted by atomic mass is 10.1. The molecule has 0 fully saturated rings. The normalized spacial score (nSPS) is 10.7. The van der Waals surface area contributed by atoms with Crippen LogP contribution in [-0.4, -0.2) is 49.1 Å². The molecule has 0 spiro atoms. The van der Waals surface area contributed by atoms with Gasteiger partial charge in [0.2, 0.25) is 0 Å². The lowest BCUT2D eigenvalue weighted by Gasteiger charge is -2.27. The SMILES string of the molecule is COc1ccc(CN(Cc2cc3cc(OC)ccc3nc2Cl)C(=O)N(C)C)cc1. The van der Waals surface area contributed by atoms with Crippen LogP contribution in [0.15, 0.2) is 48.5 Å². The molecule has 3 aromatic rings. The number of fused-ring (bicyclic) bond motifs is 1. The van der Waals surface area contributed by atoms with Crippen molar-refractivity contribution in [3.63, 3.8) is 0 Å². The van der Waals surface area contributed by atoms with E-state index in [0.29, 0.717) is 18.2 Å². The minimum Gasteiger partial charge on any atom is -0.497 e. The molecule has 152 valence electrons. The van der Waals surface area contributed by atoms with Gasteiger partial charge in [0.05, 0.1) is 26.3 Å². The first kappa shape index (κ1) is 20.7. The number of rotatable bonds is 6. The summed E-state index contributed by atoms with van der Waals surface area (Å²) in [5.41, 5.74) is 2.55. The Kier molecular flexibility index (Phi) is 6.44. The standard InChI is InChI=1S/C22H24ClN3O3/c1-25(2)22(27)26(13-15-5-7-18(28-3)8-6-15)14-17-11-16-12-19(29-4)9-10-20(16)24-21(17)23/h5-12H,13-14H2,1-4H3. The second-order valence-corrected chi connectivity index (χ2v) is 7.24. The van der Waals surface area contributed by atoms with Crippen molar-refractivity contribution in [2.75, 3.05) is 28.3 Å². The van der Waals surface area contributed by atoms with Gasteiger partial charge in [-0.15, -0.1) is 0 Å². The number of amides is 2. The number of hydrogen-bond donors (Lipinski definition) is 0. The van der Waals surface area contributed by atoms with Crippen LogP contribution < -0.4 is 9.47 Å². The highest BCUT2D eigenvalue weighted by atomic mass is 35.5. The Labute approximate surface area is 175 Å². The number of urea groups is 1. The Bertz CT molecular complexity index is 1010. The van der Waals surface area contributed by atoms with Gasteiger partial charge in [-0.3, -0.25) is 0 Å². The summed E-state index contributed by atoms with van der Waals surface area (Å²) in [4.78, 5) is 20.6. The zero-order chi connectivity index (χ0) is 21.0. The number of benzene rings is 2. The van der Waals surface area contributed by atoms with Crippen molar-refractivity contribution in [2.24, 2.45) is 0 Å². The van der Waals surface area contributed by atoms with E-state index in [4.69, 9.17) is 21.1 Å². The molecule has 0 bridgehead atoms. The van der Waals surface area contributed by atoms with Crippen molar-refractivity contribution >= 4 is 28.5 Å². The summed E-state index contributed by atoms with van der Waals surface area (Å²) in [6.45, 7) is 0.773. The molecule has 0 aliphatic rings. The highest BCUT2D eigenvalue weighted by molar-refractivity contribution is 6.30. The number of carbonyl (C=O) groups excluding carboxylic acids is 1. The molecule has 0 N–H and O–H groups in total. The number of methoxy groups -OCH3 is 2. The Morgan fingerprint density at radius 1 is 0.966 bits per heavy atom. The van der Waals surface area contributed by atoms with Gasteiger partial charge in [0.15, 0.2) is 0 Å². The van der Waals surface area contributed by atoms with Crippen molar-refractivity contribution in [3.8, 4) is 11.5 Å². The van der Waals surface area contributed by atoms with Crippen LogP contribution >= 0.6 is 11.6 Å². The minimum absolute atomic E-state index is 0.109. The molecule has 29 heavy (non-hydrogen) atoms. The Morgan fingerprint density at radius 2 is 1.62 bits per heavy atom. The molecule has 0 atom stereocenters. The van der Waals surface area contributed by atoms with Crippen LogP contribution in [0, 0.1) is 0 Å². The maximum absolute atomic E-state index is 12.8. The van der Waals surface area contributed by atoms with Crippen molar-refractivity contribution in [3.05, 3.63) is 64.8 Å². The number of pyridine rings is 1. The minimum atomic E-state index is -0.109. The maximum atomic E-state index is 12.8. The van der Waals surface area contributed by atoms with E-state index in [1.165, 1.54) is 0 Å². The van der Waals surface area contributed by atoms with Gasteiger partial charge in [-0.25, -0.2) is 9.78 Å². The van der Waals surface area contributed by atoms with E-state index in [9.17, 15) is 4.79 Å². The highest BCUT2D eigenvalue weighted by Gasteiger charge is 2.19. The number of carbonyl (C=O) groups is 1. The molecule has 7 heteroatoms. The largest absolute Gasteiger partial charge is 0.497 e. The number of aromatic nitrogens is 1. The van der Waals surface area contributed by atoms with Gasteiger partial charge in [-0.1, -0.05) is 23.7 Å². The first-order valence-corrected chi connectivity index (χ1v) is 9.51. The van der Waals surface area contributed by atoms with Gasteiger partial charge >= 0.3 is 6.03 Å². The second kappa shape index (κ2) is 9.01. The summed E-state index contributed by atoms with van der Waals surface area (Å²) in [7, 11) is 6.71. The zero-order valence-corrected chi connectivity index (χ0v) is 17.7. The summed E-state index contributed by atoms with van der Waals surface area (Å²) < 4.78 is 10.5. The van der Waals surface area contributed by atoms with Crippen LogP contribution in [-0.2, 0) is 13.1 Å². The third-order valence-electron chi connectivity index (χ3n) is 4.59. The van der Waals surface area contributed by atoms with Crippen molar-refractivity contribution in [2.45, 2.75) is 13.1 Å². The molecular formula is C22H24ClN3O3. The zero-order valence-electron chi connectivity index (χ0n) is 17.0. The second-order valence-electron chi connectivity index (χ2n) is 6.88. The molecule has 2 aromatic carbocycles. The van der Waals surface area contributed by atoms with Crippen LogP contribution in [0.4, 0.5) is 4.79 Å². The highest BCUT2D eigenvalue weighted by Crippen LogP contribution is 2.26. The van der Waals surface area contributed by atoms with Crippen LogP contribution in [0.1, 0.15) is 11.1 Å². The van der Waals surface area contributed by atoms with E-state index in [1.54, 1.807) is 38.1 Å². The average Bonchev–Trinajstić information content (AvgIpc) is 2.73. The maximum Gasteiger partial charge on any atom is 0.320 e. The lowest BCUT2D eigenvalue weighted by Crippen LogP contribution is -2.38.